The van der Waals surface area contributed by atoms with Crippen LogP contribution in [-0.4, -0.2) is 5.78 Å². The maximum Gasteiger partial charge on any atom is 0.166 e. The van der Waals surface area contributed by atoms with Gasteiger partial charge in [0, 0.05) is 11.5 Å². The molecule has 0 fully saturated rings. The van der Waals surface area contributed by atoms with Crippen molar-refractivity contribution in [2.75, 3.05) is 0 Å². The molecule has 0 radical (unpaired) electrons. The minimum Gasteiger partial charge on any atom is -0.294 e. The quantitative estimate of drug-likeness (QED) is 0.678. The number of benzene rings is 2. The highest BCUT2D eigenvalue weighted by atomic mass is 16.1. The second-order valence-electron chi connectivity index (χ2n) is 5.54. The summed E-state index contributed by atoms with van der Waals surface area (Å²) in [5.41, 5.74) is 4.52. The van der Waals surface area contributed by atoms with Gasteiger partial charge in [0.05, 0.1) is 0 Å². The molecule has 0 bridgehead atoms. The molecular formula is C18H18O. The molecule has 0 spiro atoms. The predicted molar refractivity (Wildman–Crippen MR) is 78.2 cm³/mol. The Kier molecular flexibility index (Phi) is 2.98. The summed E-state index contributed by atoms with van der Waals surface area (Å²) in [6.07, 6.45) is 0.970. The first kappa shape index (κ1) is 12.2. The van der Waals surface area contributed by atoms with Crippen LogP contribution in [0.4, 0.5) is 0 Å². The normalized spacial score (nSPS) is 22.1. The molecule has 2 aromatic rings. The highest BCUT2D eigenvalue weighted by Gasteiger charge is 2.27. The van der Waals surface area contributed by atoms with Gasteiger partial charge in [0.15, 0.2) is 5.78 Å². The highest BCUT2D eigenvalue weighted by molar-refractivity contribution is 6.04. The van der Waals surface area contributed by atoms with Gasteiger partial charge < -0.3 is 0 Å². The summed E-state index contributed by atoms with van der Waals surface area (Å²) in [7, 11) is 0. The van der Waals surface area contributed by atoms with Crippen LogP contribution in [0.1, 0.15) is 29.8 Å². The Hall–Kier alpha value is -1.89. The van der Waals surface area contributed by atoms with E-state index < -0.39 is 0 Å². The molecule has 0 heterocycles. The fourth-order valence-electron chi connectivity index (χ4n) is 2.92. The average Bonchev–Trinajstić information content (AvgIpc) is 2.45. The standard InChI is InChI=1S/C18H18O/c1-12-11-14-7-3-4-8-15(14)16-9-5-6-10-17(16)18(19)13(12)2/h3-10,12-13H,11H2,1-2H3/t12-,13-/m1/s1. The lowest BCUT2D eigenvalue weighted by Crippen LogP contribution is -2.23. The van der Waals surface area contributed by atoms with Crippen molar-refractivity contribution < 1.29 is 4.79 Å². The van der Waals surface area contributed by atoms with Crippen LogP contribution < -0.4 is 0 Å². The van der Waals surface area contributed by atoms with Crippen molar-refractivity contribution >= 4 is 5.78 Å². The van der Waals surface area contributed by atoms with Gasteiger partial charge in [0.1, 0.15) is 0 Å². The van der Waals surface area contributed by atoms with Gasteiger partial charge >= 0.3 is 0 Å². The van der Waals surface area contributed by atoms with E-state index in [-0.39, 0.29) is 11.7 Å². The molecule has 1 aliphatic carbocycles. The summed E-state index contributed by atoms with van der Waals surface area (Å²) in [6.45, 7) is 4.23. The zero-order valence-corrected chi connectivity index (χ0v) is 11.4. The maximum absolute atomic E-state index is 12.6. The minimum absolute atomic E-state index is 0.0782. The molecule has 1 aliphatic rings. The van der Waals surface area contributed by atoms with E-state index in [0.29, 0.717) is 5.92 Å². The molecule has 19 heavy (non-hydrogen) atoms. The summed E-state index contributed by atoms with van der Waals surface area (Å²) in [5.74, 6) is 0.731. The summed E-state index contributed by atoms with van der Waals surface area (Å²) < 4.78 is 0. The lowest BCUT2D eigenvalue weighted by molar-refractivity contribution is 0.0893. The topological polar surface area (TPSA) is 17.1 Å². The van der Waals surface area contributed by atoms with Gasteiger partial charge in [-0.2, -0.15) is 0 Å². The third kappa shape index (κ3) is 1.99. The molecule has 0 saturated heterocycles. The van der Waals surface area contributed by atoms with Crippen LogP contribution in [0.3, 0.4) is 0 Å². The van der Waals surface area contributed by atoms with Crippen LogP contribution in [0.25, 0.3) is 11.1 Å². The lowest BCUT2D eigenvalue weighted by atomic mass is 9.78. The zero-order chi connectivity index (χ0) is 13.4. The molecule has 2 aromatic carbocycles. The largest absolute Gasteiger partial charge is 0.294 e. The number of carbonyl (C=O) groups excluding carboxylic acids is 1. The molecule has 2 atom stereocenters. The molecule has 0 unspecified atom stereocenters. The predicted octanol–water partition coefficient (Wildman–Crippen LogP) is 4.36. The van der Waals surface area contributed by atoms with Gasteiger partial charge in [-0.1, -0.05) is 62.4 Å². The van der Waals surface area contributed by atoms with E-state index in [4.69, 9.17) is 0 Å². The van der Waals surface area contributed by atoms with E-state index in [1.807, 2.05) is 18.2 Å². The number of hydrogen-bond acceptors (Lipinski definition) is 1. The van der Waals surface area contributed by atoms with Gasteiger partial charge in [-0.3, -0.25) is 4.79 Å². The first-order valence-corrected chi connectivity index (χ1v) is 6.90. The highest BCUT2D eigenvalue weighted by Crippen LogP contribution is 2.35. The minimum atomic E-state index is 0.0782. The Bertz CT molecular complexity index is 627. The molecule has 0 aliphatic heterocycles. The SMILES string of the molecule is C[C@@H]1Cc2ccccc2-c2ccccc2C(=O)[C@@H]1C. The smallest absolute Gasteiger partial charge is 0.166 e. The van der Waals surface area contributed by atoms with Crippen molar-refractivity contribution in [3.63, 3.8) is 0 Å². The van der Waals surface area contributed by atoms with E-state index in [9.17, 15) is 4.79 Å². The molecule has 3 rings (SSSR count). The maximum atomic E-state index is 12.6. The van der Waals surface area contributed by atoms with Crippen molar-refractivity contribution in [3.05, 3.63) is 59.7 Å². The summed E-state index contributed by atoms with van der Waals surface area (Å²) in [4.78, 5) is 12.6. The number of carbonyl (C=O) groups is 1. The van der Waals surface area contributed by atoms with Crippen LogP contribution in [-0.2, 0) is 6.42 Å². The van der Waals surface area contributed by atoms with Crippen LogP contribution in [0.2, 0.25) is 0 Å². The van der Waals surface area contributed by atoms with Crippen molar-refractivity contribution in [3.8, 4) is 11.1 Å². The van der Waals surface area contributed by atoms with Crippen molar-refractivity contribution in [2.24, 2.45) is 11.8 Å². The number of Topliss-reactive ketones (excluding diaryl/α,β-unsaturated/α-hetero) is 1. The second-order valence-corrected chi connectivity index (χ2v) is 5.54. The number of hydrogen-bond donors (Lipinski definition) is 0. The number of ketones is 1. The monoisotopic (exact) mass is 250 g/mol. The first-order chi connectivity index (χ1) is 9.18. The van der Waals surface area contributed by atoms with Gasteiger partial charge in [-0.15, -0.1) is 0 Å². The average molecular weight is 250 g/mol. The lowest BCUT2D eigenvalue weighted by Gasteiger charge is -2.25. The van der Waals surface area contributed by atoms with E-state index in [2.05, 4.69) is 44.2 Å². The second kappa shape index (κ2) is 4.65. The molecule has 1 nitrogen and oxygen atoms in total. The van der Waals surface area contributed by atoms with Crippen LogP contribution in [0, 0.1) is 11.8 Å². The number of rotatable bonds is 0. The van der Waals surface area contributed by atoms with Gasteiger partial charge in [0.2, 0.25) is 0 Å². The molecule has 0 aromatic heterocycles. The van der Waals surface area contributed by atoms with Gasteiger partial charge in [0.25, 0.3) is 0 Å². The molecule has 96 valence electrons. The third-order valence-electron chi connectivity index (χ3n) is 4.31. The molecular weight excluding hydrogens is 232 g/mol. The fraction of sp³-hybridized carbons (Fsp3) is 0.278. The van der Waals surface area contributed by atoms with Gasteiger partial charge in [-0.05, 0) is 29.0 Å². The van der Waals surface area contributed by atoms with E-state index in [1.165, 1.54) is 11.1 Å². The Balaban J connectivity index is 2.28. The van der Waals surface area contributed by atoms with E-state index in [0.717, 1.165) is 17.5 Å². The Labute approximate surface area is 114 Å². The molecule has 0 amide bonds. The first-order valence-electron chi connectivity index (χ1n) is 6.90. The molecule has 1 heteroatoms. The van der Waals surface area contributed by atoms with Gasteiger partial charge in [-0.25, -0.2) is 0 Å². The Morgan fingerprint density at radius 3 is 2.16 bits per heavy atom. The molecule has 0 N–H and O–H groups in total. The Morgan fingerprint density at radius 1 is 0.842 bits per heavy atom. The number of fused-ring (bicyclic) bond motifs is 3. The van der Waals surface area contributed by atoms with Crippen molar-refractivity contribution in [1.29, 1.82) is 0 Å². The van der Waals surface area contributed by atoms with Crippen LogP contribution >= 0.6 is 0 Å². The van der Waals surface area contributed by atoms with Crippen molar-refractivity contribution in [1.82, 2.24) is 0 Å². The van der Waals surface area contributed by atoms with E-state index >= 15 is 0 Å². The van der Waals surface area contributed by atoms with Crippen molar-refractivity contribution in [2.45, 2.75) is 20.3 Å². The zero-order valence-electron chi connectivity index (χ0n) is 11.4. The van der Waals surface area contributed by atoms with E-state index in [1.54, 1.807) is 0 Å². The third-order valence-corrected chi connectivity index (χ3v) is 4.31. The summed E-state index contributed by atoms with van der Waals surface area (Å²) in [5, 5.41) is 0. The Morgan fingerprint density at radius 2 is 1.42 bits per heavy atom. The molecule has 0 saturated carbocycles. The van der Waals surface area contributed by atoms with Crippen LogP contribution in [0.15, 0.2) is 48.5 Å². The fourth-order valence-corrected chi connectivity index (χ4v) is 2.92. The summed E-state index contributed by atoms with van der Waals surface area (Å²) in [6, 6.07) is 16.4. The summed E-state index contributed by atoms with van der Waals surface area (Å²) >= 11 is 0. The van der Waals surface area contributed by atoms with Crippen LogP contribution in [0.5, 0.6) is 0 Å².